The molecule has 1 aromatic rings. The molecule has 2 rings (SSSR count). The highest BCUT2D eigenvalue weighted by Crippen LogP contribution is 2.33. The molecule has 0 bridgehead atoms. The maximum atomic E-state index is 5.77. The quantitative estimate of drug-likeness (QED) is 0.754. The average molecular weight is 249 g/mol. The Kier molecular flexibility index (Phi) is 5.02. The van der Waals surface area contributed by atoms with Crippen LogP contribution in [0.15, 0.2) is 18.2 Å². The third-order valence-corrected chi connectivity index (χ3v) is 3.20. The van der Waals surface area contributed by atoms with Crippen molar-refractivity contribution in [3.8, 4) is 5.75 Å². The average Bonchev–Trinajstić information content (AvgIpc) is 2.86. The minimum absolute atomic E-state index is 0.231. The number of benzene rings is 1. The Bertz CT molecular complexity index is 379. The maximum Gasteiger partial charge on any atom is 0.127 e. The Labute approximate surface area is 109 Å². The fourth-order valence-electron chi connectivity index (χ4n) is 2.37. The summed E-state index contributed by atoms with van der Waals surface area (Å²) in [5.41, 5.74) is 2.56. The molecule has 1 atom stereocenters. The standard InChI is InChI=1S/C15H23NO2/c1-3-9-17-11-14(16-4-2)13-7-5-6-12-8-10-18-15(12)13/h5-7,14,16H,3-4,8-11H2,1-2H3. The molecule has 0 aliphatic carbocycles. The van der Waals surface area contributed by atoms with Gasteiger partial charge >= 0.3 is 0 Å². The molecule has 3 nitrogen and oxygen atoms in total. The molecule has 100 valence electrons. The lowest BCUT2D eigenvalue weighted by atomic mass is 10.0. The molecule has 1 aliphatic rings. The molecule has 18 heavy (non-hydrogen) atoms. The summed E-state index contributed by atoms with van der Waals surface area (Å²) in [5.74, 6) is 1.07. The van der Waals surface area contributed by atoms with Crippen LogP contribution >= 0.6 is 0 Å². The van der Waals surface area contributed by atoms with Gasteiger partial charge in [-0.3, -0.25) is 0 Å². The van der Waals surface area contributed by atoms with Gasteiger partial charge in [0.2, 0.25) is 0 Å². The largest absolute Gasteiger partial charge is 0.493 e. The Morgan fingerprint density at radius 3 is 3.06 bits per heavy atom. The highest BCUT2D eigenvalue weighted by Gasteiger charge is 2.21. The molecule has 0 saturated heterocycles. The first kappa shape index (κ1) is 13.4. The number of hydrogen-bond acceptors (Lipinski definition) is 3. The zero-order valence-electron chi connectivity index (χ0n) is 11.4. The van der Waals surface area contributed by atoms with Crippen molar-refractivity contribution in [3.63, 3.8) is 0 Å². The number of para-hydroxylation sites is 1. The lowest BCUT2D eigenvalue weighted by Gasteiger charge is -2.20. The number of ether oxygens (including phenoxy) is 2. The topological polar surface area (TPSA) is 30.5 Å². The van der Waals surface area contributed by atoms with Crippen molar-refractivity contribution in [3.05, 3.63) is 29.3 Å². The second kappa shape index (κ2) is 6.76. The first-order valence-electron chi connectivity index (χ1n) is 6.92. The van der Waals surface area contributed by atoms with Gasteiger partial charge in [-0.2, -0.15) is 0 Å². The SMILES string of the molecule is CCCOCC(NCC)c1cccc2c1OCC2. The minimum atomic E-state index is 0.231. The van der Waals surface area contributed by atoms with E-state index in [0.717, 1.165) is 38.3 Å². The molecule has 1 aromatic carbocycles. The first-order chi connectivity index (χ1) is 8.86. The summed E-state index contributed by atoms with van der Waals surface area (Å²) >= 11 is 0. The van der Waals surface area contributed by atoms with Crippen LogP contribution < -0.4 is 10.1 Å². The highest BCUT2D eigenvalue weighted by molar-refractivity contribution is 5.45. The van der Waals surface area contributed by atoms with E-state index in [4.69, 9.17) is 9.47 Å². The Morgan fingerprint density at radius 1 is 1.39 bits per heavy atom. The van der Waals surface area contributed by atoms with Gasteiger partial charge in [0, 0.05) is 18.6 Å². The van der Waals surface area contributed by atoms with Crippen LogP contribution in [0.3, 0.4) is 0 Å². The van der Waals surface area contributed by atoms with Crippen LogP contribution in [-0.2, 0) is 11.2 Å². The summed E-state index contributed by atoms with van der Waals surface area (Å²) in [6.07, 6.45) is 2.08. The zero-order chi connectivity index (χ0) is 12.8. The van der Waals surface area contributed by atoms with Gasteiger partial charge in [0.05, 0.1) is 19.3 Å². The van der Waals surface area contributed by atoms with Crippen LogP contribution in [0.4, 0.5) is 0 Å². The third-order valence-electron chi connectivity index (χ3n) is 3.20. The van der Waals surface area contributed by atoms with E-state index in [-0.39, 0.29) is 6.04 Å². The minimum Gasteiger partial charge on any atom is -0.493 e. The summed E-state index contributed by atoms with van der Waals surface area (Å²) in [5, 5.41) is 3.48. The molecule has 0 saturated carbocycles. The Morgan fingerprint density at radius 2 is 2.28 bits per heavy atom. The third kappa shape index (κ3) is 3.03. The normalized spacial score (nSPS) is 15.2. The smallest absolute Gasteiger partial charge is 0.127 e. The van der Waals surface area contributed by atoms with E-state index in [9.17, 15) is 0 Å². The van der Waals surface area contributed by atoms with Gasteiger partial charge in [-0.05, 0) is 18.5 Å². The van der Waals surface area contributed by atoms with Crippen LogP contribution in [-0.4, -0.2) is 26.4 Å². The van der Waals surface area contributed by atoms with Gasteiger partial charge < -0.3 is 14.8 Å². The molecule has 1 heterocycles. The predicted molar refractivity (Wildman–Crippen MR) is 73.2 cm³/mol. The molecule has 0 aromatic heterocycles. The van der Waals surface area contributed by atoms with Crippen molar-refractivity contribution in [1.29, 1.82) is 0 Å². The van der Waals surface area contributed by atoms with Gasteiger partial charge in [0.15, 0.2) is 0 Å². The van der Waals surface area contributed by atoms with Crippen LogP contribution in [0.2, 0.25) is 0 Å². The molecular weight excluding hydrogens is 226 g/mol. The molecule has 0 fully saturated rings. The van der Waals surface area contributed by atoms with E-state index in [0.29, 0.717) is 6.61 Å². The molecule has 1 aliphatic heterocycles. The number of rotatable bonds is 7. The maximum absolute atomic E-state index is 5.77. The van der Waals surface area contributed by atoms with Gasteiger partial charge in [-0.1, -0.05) is 32.0 Å². The predicted octanol–water partition coefficient (Wildman–Crippen LogP) is 2.70. The molecule has 0 amide bonds. The van der Waals surface area contributed by atoms with E-state index < -0.39 is 0 Å². The molecule has 1 N–H and O–H groups in total. The van der Waals surface area contributed by atoms with Gasteiger partial charge in [0.1, 0.15) is 5.75 Å². The fourth-order valence-corrected chi connectivity index (χ4v) is 2.37. The van der Waals surface area contributed by atoms with Gasteiger partial charge in [-0.25, -0.2) is 0 Å². The summed E-state index contributed by atoms with van der Waals surface area (Å²) in [7, 11) is 0. The summed E-state index contributed by atoms with van der Waals surface area (Å²) in [6, 6.07) is 6.65. The number of nitrogens with one attached hydrogen (secondary N) is 1. The van der Waals surface area contributed by atoms with Crippen LogP contribution in [0.1, 0.15) is 37.4 Å². The van der Waals surface area contributed by atoms with Crippen molar-refractivity contribution < 1.29 is 9.47 Å². The van der Waals surface area contributed by atoms with E-state index in [1.54, 1.807) is 0 Å². The number of fused-ring (bicyclic) bond motifs is 1. The van der Waals surface area contributed by atoms with E-state index in [1.807, 2.05) is 0 Å². The number of likely N-dealkylation sites (N-methyl/N-ethyl adjacent to an activating group) is 1. The van der Waals surface area contributed by atoms with Crippen molar-refractivity contribution in [2.24, 2.45) is 0 Å². The van der Waals surface area contributed by atoms with Crippen molar-refractivity contribution >= 4 is 0 Å². The summed E-state index contributed by atoms with van der Waals surface area (Å²) in [6.45, 7) is 7.52. The number of hydrogen-bond donors (Lipinski definition) is 1. The fraction of sp³-hybridized carbons (Fsp3) is 0.600. The van der Waals surface area contributed by atoms with E-state index in [2.05, 4.69) is 37.4 Å². The first-order valence-corrected chi connectivity index (χ1v) is 6.92. The van der Waals surface area contributed by atoms with Crippen molar-refractivity contribution in [2.45, 2.75) is 32.7 Å². The second-order valence-electron chi connectivity index (χ2n) is 4.62. The highest BCUT2D eigenvalue weighted by atomic mass is 16.5. The summed E-state index contributed by atoms with van der Waals surface area (Å²) < 4.78 is 11.5. The van der Waals surface area contributed by atoms with Crippen LogP contribution in [0, 0.1) is 0 Å². The van der Waals surface area contributed by atoms with Crippen LogP contribution in [0.25, 0.3) is 0 Å². The lowest BCUT2D eigenvalue weighted by Crippen LogP contribution is -2.26. The molecular formula is C15H23NO2. The molecule has 0 radical (unpaired) electrons. The monoisotopic (exact) mass is 249 g/mol. The van der Waals surface area contributed by atoms with E-state index in [1.165, 1.54) is 11.1 Å². The summed E-state index contributed by atoms with van der Waals surface area (Å²) in [4.78, 5) is 0. The van der Waals surface area contributed by atoms with Crippen molar-refractivity contribution in [1.82, 2.24) is 5.32 Å². The Balaban J connectivity index is 2.12. The zero-order valence-corrected chi connectivity index (χ0v) is 11.4. The molecule has 3 heteroatoms. The Hall–Kier alpha value is -1.06. The van der Waals surface area contributed by atoms with Crippen molar-refractivity contribution in [2.75, 3.05) is 26.4 Å². The molecule has 0 spiro atoms. The lowest BCUT2D eigenvalue weighted by molar-refractivity contribution is 0.111. The second-order valence-corrected chi connectivity index (χ2v) is 4.62. The molecule has 1 unspecified atom stereocenters. The van der Waals surface area contributed by atoms with E-state index >= 15 is 0 Å². The van der Waals surface area contributed by atoms with Gasteiger partial charge in [0.25, 0.3) is 0 Å². The van der Waals surface area contributed by atoms with Crippen LogP contribution in [0.5, 0.6) is 5.75 Å². The van der Waals surface area contributed by atoms with Gasteiger partial charge in [-0.15, -0.1) is 0 Å².